The summed E-state index contributed by atoms with van der Waals surface area (Å²) in [4.78, 5) is 25.6. The second-order valence-electron chi connectivity index (χ2n) is 5.97. The highest BCUT2D eigenvalue weighted by molar-refractivity contribution is 5.94. The van der Waals surface area contributed by atoms with Crippen molar-refractivity contribution < 1.29 is 14.1 Å². The van der Waals surface area contributed by atoms with E-state index >= 15 is 0 Å². The topological polar surface area (TPSA) is 75.4 Å². The lowest BCUT2D eigenvalue weighted by Crippen LogP contribution is -2.35. The van der Waals surface area contributed by atoms with Crippen molar-refractivity contribution in [2.45, 2.75) is 33.6 Å². The van der Waals surface area contributed by atoms with E-state index in [9.17, 15) is 9.59 Å². The molecule has 0 spiro atoms. The van der Waals surface area contributed by atoms with Gasteiger partial charge in [-0.1, -0.05) is 22.9 Å². The number of nitrogens with one attached hydrogen (secondary N) is 1. The largest absolute Gasteiger partial charge is 0.361 e. The zero-order valence-corrected chi connectivity index (χ0v) is 14.5. The smallest absolute Gasteiger partial charge is 0.243 e. The second kappa shape index (κ2) is 7.77. The molecule has 0 radical (unpaired) electrons. The van der Waals surface area contributed by atoms with E-state index in [1.807, 2.05) is 45.0 Å². The van der Waals surface area contributed by atoms with Gasteiger partial charge in [-0.3, -0.25) is 9.59 Å². The van der Waals surface area contributed by atoms with Gasteiger partial charge in [-0.25, -0.2) is 0 Å². The van der Waals surface area contributed by atoms with E-state index in [4.69, 9.17) is 4.52 Å². The Labute approximate surface area is 141 Å². The minimum Gasteiger partial charge on any atom is -0.361 e. The van der Waals surface area contributed by atoms with Crippen LogP contribution in [0.5, 0.6) is 0 Å². The van der Waals surface area contributed by atoms with E-state index in [-0.39, 0.29) is 18.4 Å². The number of hydrogen-bond donors (Lipinski definition) is 1. The lowest BCUT2D eigenvalue weighted by atomic mass is 10.1. The molecular formula is C18H23N3O3. The molecular weight excluding hydrogens is 306 g/mol. The number of hydrogen-bond acceptors (Lipinski definition) is 4. The molecule has 2 amide bonds. The van der Waals surface area contributed by atoms with Crippen LogP contribution in [0, 0.1) is 20.8 Å². The summed E-state index contributed by atoms with van der Waals surface area (Å²) in [5, 5.41) is 6.66. The summed E-state index contributed by atoms with van der Waals surface area (Å²) < 4.78 is 5.09. The van der Waals surface area contributed by atoms with E-state index in [0.717, 1.165) is 28.3 Å². The van der Waals surface area contributed by atoms with Crippen LogP contribution in [0.15, 0.2) is 28.8 Å². The Hall–Kier alpha value is -2.63. The third kappa shape index (κ3) is 4.68. The Morgan fingerprint density at radius 2 is 1.83 bits per heavy atom. The van der Waals surface area contributed by atoms with Gasteiger partial charge in [-0.15, -0.1) is 0 Å². The molecule has 1 heterocycles. The normalized spacial score (nSPS) is 10.5. The molecule has 0 atom stereocenters. The lowest BCUT2D eigenvalue weighted by molar-refractivity contribution is -0.133. The molecule has 0 bridgehead atoms. The zero-order chi connectivity index (χ0) is 17.7. The highest BCUT2D eigenvalue weighted by Gasteiger charge is 2.16. The summed E-state index contributed by atoms with van der Waals surface area (Å²) in [5.74, 6) is 0.432. The molecule has 0 saturated heterocycles. The van der Waals surface area contributed by atoms with Crippen molar-refractivity contribution in [3.63, 3.8) is 0 Å². The van der Waals surface area contributed by atoms with Crippen LogP contribution in [-0.2, 0) is 16.0 Å². The van der Waals surface area contributed by atoms with Gasteiger partial charge in [0.2, 0.25) is 11.8 Å². The van der Waals surface area contributed by atoms with Crippen LogP contribution in [0.1, 0.15) is 29.0 Å². The number of amides is 2. The summed E-state index contributed by atoms with van der Waals surface area (Å²) in [6.07, 6.45) is 0.876. The van der Waals surface area contributed by atoms with Gasteiger partial charge in [0.15, 0.2) is 0 Å². The third-order valence-electron chi connectivity index (χ3n) is 3.91. The first kappa shape index (κ1) is 17.7. The van der Waals surface area contributed by atoms with Gasteiger partial charge in [0.05, 0.1) is 12.2 Å². The summed E-state index contributed by atoms with van der Waals surface area (Å²) in [6.45, 7) is 5.69. The van der Waals surface area contributed by atoms with Gasteiger partial charge in [-0.2, -0.15) is 0 Å². The molecule has 0 saturated carbocycles. The minimum absolute atomic E-state index is 0.0221. The number of nitrogens with zero attached hydrogens (tertiary/aromatic N) is 2. The Morgan fingerprint density at radius 1 is 1.17 bits per heavy atom. The van der Waals surface area contributed by atoms with E-state index < -0.39 is 0 Å². The van der Waals surface area contributed by atoms with Gasteiger partial charge in [0, 0.05) is 24.7 Å². The fraction of sp³-hybridized carbons (Fsp3) is 0.389. The molecule has 1 aromatic carbocycles. The van der Waals surface area contributed by atoms with Crippen LogP contribution in [0.25, 0.3) is 0 Å². The molecule has 6 nitrogen and oxygen atoms in total. The maximum absolute atomic E-state index is 12.2. The van der Waals surface area contributed by atoms with Crippen molar-refractivity contribution in [1.82, 2.24) is 10.1 Å². The van der Waals surface area contributed by atoms with E-state index in [0.29, 0.717) is 12.8 Å². The molecule has 6 heteroatoms. The first-order chi connectivity index (χ1) is 11.4. The summed E-state index contributed by atoms with van der Waals surface area (Å²) >= 11 is 0. The molecule has 0 unspecified atom stereocenters. The van der Waals surface area contributed by atoms with E-state index in [1.54, 1.807) is 7.05 Å². The van der Waals surface area contributed by atoms with Crippen LogP contribution < -0.4 is 5.32 Å². The number of benzene rings is 1. The fourth-order valence-corrected chi connectivity index (χ4v) is 2.42. The Morgan fingerprint density at radius 3 is 2.42 bits per heavy atom. The molecule has 2 rings (SSSR count). The molecule has 24 heavy (non-hydrogen) atoms. The summed E-state index contributed by atoms with van der Waals surface area (Å²) in [5.41, 5.74) is 3.61. The van der Waals surface area contributed by atoms with Gasteiger partial charge in [0.1, 0.15) is 5.76 Å². The van der Waals surface area contributed by atoms with Crippen LogP contribution in [0.2, 0.25) is 0 Å². The zero-order valence-electron chi connectivity index (χ0n) is 14.5. The van der Waals surface area contributed by atoms with Gasteiger partial charge in [0.25, 0.3) is 0 Å². The van der Waals surface area contributed by atoms with Crippen molar-refractivity contribution in [1.29, 1.82) is 0 Å². The predicted octanol–water partition coefficient (Wildman–Crippen LogP) is 2.63. The van der Waals surface area contributed by atoms with Crippen LogP contribution >= 0.6 is 0 Å². The third-order valence-corrected chi connectivity index (χ3v) is 3.91. The maximum Gasteiger partial charge on any atom is 0.243 e. The number of anilines is 1. The first-order valence-corrected chi connectivity index (χ1v) is 7.89. The Balaban J connectivity index is 1.82. The van der Waals surface area contributed by atoms with E-state index in [1.165, 1.54) is 4.90 Å². The quantitative estimate of drug-likeness (QED) is 0.884. The number of carbonyl (C=O) groups is 2. The SMILES string of the molecule is Cc1ccc(NC(=O)CN(C)C(=O)CCc2c(C)noc2C)cc1. The average Bonchev–Trinajstić information content (AvgIpc) is 2.85. The standard InChI is InChI=1S/C18H23N3O3/c1-12-5-7-15(8-6-12)19-17(22)11-21(4)18(23)10-9-16-13(2)20-24-14(16)3/h5-8H,9-11H2,1-4H3,(H,19,22). The average molecular weight is 329 g/mol. The van der Waals surface area contributed by atoms with Gasteiger partial charge in [-0.05, 0) is 39.3 Å². The molecule has 0 aliphatic heterocycles. The van der Waals surface area contributed by atoms with Crippen LogP contribution in [0.4, 0.5) is 5.69 Å². The maximum atomic E-state index is 12.2. The van der Waals surface area contributed by atoms with E-state index in [2.05, 4.69) is 10.5 Å². The summed E-state index contributed by atoms with van der Waals surface area (Å²) in [7, 11) is 1.63. The van der Waals surface area contributed by atoms with Crippen molar-refractivity contribution in [2.75, 3.05) is 18.9 Å². The number of rotatable bonds is 6. The van der Waals surface area contributed by atoms with Gasteiger partial charge >= 0.3 is 0 Å². The van der Waals surface area contributed by atoms with Gasteiger partial charge < -0.3 is 14.7 Å². The second-order valence-corrected chi connectivity index (χ2v) is 5.97. The van der Waals surface area contributed by atoms with Crippen molar-refractivity contribution in [3.05, 3.63) is 46.8 Å². The molecule has 0 fully saturated rings. The predicted molar refractivity (Wildman–Crippen MR) is 91.7 cm³/mol. The lowest BCUT2D eigenvalue weighted by Gasteiger charge is -2.17. The number of carbonyl (C=O) groups excluding carboxylic acids is 2. The highest BCUT2D eigenvalue weighted by atomic mass is 16.5. The molecule has 2 aromatic rings. The van der Waals surface area contributed by atoms with Crippen molar-refractivity contribution in [3.8, 4) is 0 Å². The van der Waals surface area contributed by atoms with Crippen molar-refractivity contribution >= 4 is 17.5 Å². The van der Waals surface area contributed by atoms with Crippen LogP contribution in [-0.4, -0.2) is 35.5 Å². The molecule has 1 aromatic heterocycles. The molecule has 0 aliphatic carbocycles. The molecule has 128 valence electrons. The number of aromatic nitrogens is 1. The Kier molecular flexibility index (Phi) is 5.73. The molecule has 0 aliphatic rings. The number of aryl methyl sites for hydroxylation is 3. The highest BCUT2D eigenvalue weighted by Crippen LogP contribution is 2.15. The minimum atomic E-state index is -0.216. The monoisotopic (exact) mass is 329 g/mol. The molecule has 1 N–H and O–H groups in total. The first-order valence-electron chi connectivity index (χ1n) is 7.89. The number of likely N-dealkylation sites (N-methyl/N-ethyl adjacent to an activating group) is 1. The Bertz CT molecular complexity index is 700. The fourth-order valence-electron chi connectivity index (χ4n) is 2.42. The van der Waals surface area contributed by atoms with Crippen LogP contribution in [0.3, 0.4) is 0 Å². The van der Waals surface area contributed by atoms with Crippen molar-refractivity contribution in [2.24, 2.45) is 0 Å². The summed E-state index contributed by atoms with van der Waals surface area (Å²) in [6, 6.07) is 7.53.